The average molecular weight is 550 g/mol. The van der Waals surface area contributed by atoms with Gasteiger partial charge >= 0.3 is 0 Å². The van der Waals surface area contributed by atoms with Gasteiger partial charge in [0.25, 0.3) is 5.91 Å². The molecule has 1 amide bonds. The van der Waals surface area contributed by atoms with Crippen LogP contribution < -0.4 is 19.5 Å². The molecule has 2 aromatic carbocycles. The normalized spacial score (nSPS) is 10.9. The van der Waals surface area contributed by atoms with E-state index >= 15 is 0 Å². The monoisotopic (exact) mass is 549 g/mol. The molecule has 0 atom stereocenters. The molecule has 0 spiro atoms. The van der Waals surface area contributed by atoms with Crippen LogP contribution in [0.3, 0.4) is 0 Å². The van der Waals surface area contributed by atoms with Gasteiger partial charge in [-0.3, -0.25) is 4.79 Å². The van der Waals surface area contributed by atoms with E-state index in [9.17, 15) is 4.79 Å². The number of rotatable bonds is 13. The molecule has 9 heteroatoms. The zero-order chi connectivity index (χ0) is 27.8. The summed E-state index contributed by atoms with van der Waals surface area (Å²) in [6, 6.07) is 15.7. The van der Waals surface area contributed by atoms with Gasteiger partial charge in [0.05, 0.1) is 38.3 Å². The molecular weight excluding hydrogens is 514 g/mol. The van der Waals surface area contributed by atoms with Crippen molar-refractivity contribution in [2.75, 3.05) is 41.6 Å². The number of hydrogen-bond acceptors (Lipinski definition) is 7. The largest absolute Gasteiger partial charge is 0.497 e. The molecule has 4 rings (SSSR count). The van der Waals surface area contributed by atoms with Crippen molar-refractivity contribution in [2.45, 2.75) is 26.3 Å². The van der Waals surface area contributed by atoms with E-state index in [1.54, 1.807) is 39.8 Å². The summed E-state index contributed by atoms with van der Waals surface area (Å²) in [4.78, 5) is 18.1. The van der Waals surface area contributed by atoms with Crippen LogP contribution in [0.4, 0.5) is 0 Å². The SMILES string of the molecule is COCCCNC(=O)c1cc(-c2csc(-c3ccc(OC)cc3)n2)n(CCc2ccc(OC)c(OC)c2)c1C. The van der Waals surface area contributed by atoms with Gasteiger partial charge in [-0.1, -0.05) is 6.07 Å². The van der Waals surface area contributed by atoms with E-state index in [-0.39, 0.29) is 5.91 Å². The second-order valence-corrected chi connectivity index (χ2v) is 9.85. The highest BCUT2D eigenvalue weighted by molar-refractivity contribution is 7.13. The van der Waals surface area contributed by atoms with Crippen molar-refractivity contribution in [3.8, 4) is 39.2 Å². The summed E-state index contributed by atoms with van der Waals surface area (Å²) < 4.78 is 23.4. The van der Waals surface area contributed by atoms with Crippen molar-refractivity contribution in [1.82, 2.24) is 14.9 Å². The number of aromatic nitrogens is 2. The summed E-state index contributed by atoms with van der Waals surface area (Å²) in [6.07, 6.45) is 1.50. The van der Waals surface area contributed by atoms with Crippen LogP contribution in [0.1, 0.15) is 28.0 Å². The molecule has 39 heavy (non-hydrogen) atoms. The van der Waals surface area contributed by atoms with Crippen LogP contribution in [0.15, 0.2) is 53.9 Å². The fourth-order valence-electron chi connectivity index (χ4n) is 4.42. The van der Waals surface area contributed by atoms with E-state index in [1.165, 1.54) is 0 Å². The number of aryl methyl sites for hydroxylation is 1. The molecular formula is C30H35N3O5S. The van der Waals surface area contributed by atoms with Crippen molar-refractivity contribution in [1.29, 1.82) is 0 Å². The Balaban J connectivity index is 1.64. The Kier molecular flexibility index (Phi) is 9.62. The summed E-state index contributed by atoms with van der Waals surface area (Å²) in [7, 11) is 6.57. The smallest absolute Gasteiger partial charge is 0.253 e. The fourth-order valence-corrected chi connectivity index (χ4v) is 5.24. The number of benzene rings is 2. The Bertz CT molecular complexity index is 1390. The highest BCUT2D eigenvalue weighted by Crippen LogP contribution is 2.33. The third-order valence-electron chi connectivity index (χ3n) is 6.60. The number of methoxy groups -OCH3 is 4. The lowest BCUT2D eigenvalue weighted by Crippen LogP contribution is -2.25. The van der Waals surface area contributed by atoms with E-state index in [1.807, 2.05) is 60.8 Å². The summed E-state index contributed by atoms with van der Waals surface area (Å²) in [6.45, 7) is 3.81. The lowest BCUT2D eigenvalue weighted by molar-refractivity contribution is 0.0948. The number of carbonyl (C=O) groups is 1. The molecule has 0 unspecified atom stereocenters. The first kappa shape index (κ1) is 28.2. The first-order chi connectivity index (χ1) is 19.0. The molecule has 8 nitrogen and oxygen atoms in total. The predicted octanol–water partition coefficient (Wildman–Crippen LogP) is 5.62. The van der Waals surface area contributed by atoms with Crippen molar-refractivity contribution in [3.63, 3.8) is 0 Å². The van der Waals surface area contributed by atoms with Crippen molar-refractivity contribution >= 4 is 17.2 Å². The minimum atomic E-state index is -0.0969. The Hall–Kier alpha value is -3.82. The van der Waals surface area contributed by atoms with Gasteiger partial charge in [0, 0.05) is 43.4 Å². The summed E-state index contributed by atoms with van der Waals surface area (Å²) in [5, 5.41) is 5.97. The number of ether oxygens (including phenoxy) is 4. The average Bonchev–Trinajstić information content (AvgIpc) is 3.58. The summed E-state index contributed by atoms with van der Waals surface area (Å²) in [5.41, 5.74) is 5.41. The van der Waals surface area contributed by atoms with Gasteiger partial charge in [0.1, 0.15) is 10.8 Å². The zero-order valence-corrected chi connectivity index (χ0v) is 23.9. The van der Waals surface area contributed by atoms with Crippen LogP contribution in [0.25, 0.3) is 22.0 Å². The first-order valence-corrected chi connectivity index (χ1v) is 13.7. The van der Waals surface area contributed by atoms with Crippen LogP contribution >= 0.6 is 11.3 Å². The van der Waals surface area contributed by atoms with Crippen molar-refractivity contribution in [2.24, 2.45) is 0 Å². The van der Waals surface area contributed by atoms with E-state index in [0.29, 0.717) is 36.8 Å². The van der Waals surface area contributed by atoms with Crippen LogP contribution in [-0.4, -0.2) is 57.0 Å². The second-order valence-electron chi connectivity index (χ2n) is 8.99. The van der Waals surface area contributed by atoms with Crippen LogP contribution in [0.5, 0.6) is 17.2 Å². The van der Waals surface area contributed by atoms with Crippen LogP contribution in [-0.2, 0) is 17.7 Å². The lowest BCUT2D eigenvalue weighted by atomic mass is 10.1. The lowest BCUT2D eigenvalue weighted by Gasteiger charge is -2.13. The molecule has 0 bridgehead atoms. The fraction of sp³-hybridized carbons (Fsp3) is 0.333. The quantitative estimate of drug-likeness (QED) is 0.218. The number of thiazole rings is 1. The van der Waals surface area contributed by atoms with Gasteiger partial charge in [-0.2, -0.15) is 0 Å². The molecule has 1 N–H and O–H groups in total. The molecule has 0 radical (unpaired) electrons. The topological polar surface area (TPSA) is 83.8 Å². The number of nitrogens with zero attached hydrogens (tertiary/aromatic N) is 2. The Morgan fingerprint density at radius 2 is 1.74 bits per heavy atom. The molecule has 0 saturated heterocycles. The van der Waals surface area contributed by atoms with Crippen molar-refractivity contribution in [3.05, 3.63) is 70.7 Å². The Morgan fingerprint density at radius 3 is 2.44 bits per heavy atom. The van der Waals surface area contributed by atoms with E-state index < -0.39 is 0 Å². The molecule has 0 aliphatic rings. The first-order valence-electron chi connectivity index (χ1n) is 12.8. The number of hydrogen-bond donors (Lipinski definition) is 1. The number of nitrogens with one attached hydrogen (secondary N) is 1. The molecule has 2 heterocycles. The Labute approximate surface area is 233 Å². The maximum Gasteiger partial charge on any atom is 0.253 e. The molecule has 0 aliphatic carbocycles. The third-order valence-corrected chi connectivity index (χ3v) is 7.49. The van der Waals surface area contributed by atoms with Gasteiger partial charge in [0.2, 0.25) is 0 Å². The van der Waals surface area contributed by atoms with Gasteiger partial charge in [-0.05, 0) is 67.8 Å². The maximum absolute atomic E-state index is 13.1. The molecule has 4 aromatic rings. The van der Waals surface area contributed by atoms with Crippen LogP contribution in [0.2, 0.25) is 0 Å². The minimum absolute atomic E-state index is 0.0969. The number of amides is 1. The standard InChI is InChI=1S/C30H35N3O5S/c1-20-24(29(34)31-14-6-16-35-2)18-26(25-19-39-30(32-25)22-8-10-23(36-3)11-9-22)33(20)15-13-21-7-12-27(37-4)28(17-21)38-5/h7-12,17-19H,6,13-16H2,1-5H3,(H,31,34). The molecule has 206 valence electrons. The van der Waals surface area contributed by atoms with E-state index in [4.69, 9.17) is 23.9 Å². The second kappa shape index (κ2) is 13.3. The Morgan fingerprint density at radius 1 is 0.974 bits per heavy atom. The van der Waals surface area contributed by atoms with Gasteiger partial charge in [-0.15, -0.1) is 11.3 Å². The predicted molar refractivity (Wildman–Crippen MR) is 154 cm³/mol. The third kappa shape index (κ3) is 6.61. The van der Waals surface area contributed by atoms with E-state index in [0.717, 1.165) is 51.8 Å². The van der Waals surface area contributed by atoms with E-state index in [2.05, 4.69) is 9.88 Å². The molecule has 2 aromatic heterocycles. The van der Waals surface area contributed by atoms with Crippen LogP contribution in [0, 0.1) is 6.92 Å². The molecule has 0 aliphatic heterocycles. The zero-order valence-electron chi connectivity index (χ0n) is 23.1. The number of carbonyl (C=O) groups excluding carboxylic acids is 1. The van der Waals surface area contributed by atoms with Gasteiger partial charge in [-0.25, -0.2) is 4.98 Å². The van der Waals surface area contributed by atoms with Gasteiger partial charge in [0.15, 0.2) is 11.5 Å². The highest BCUT2D eigenvalue weighted by Gasteiger charge is 2.20. The summed E-state index contributed by atoms with van der Waals surface area (Å²) in [5.74, 6) is 2.09. The molecule has 0 fully saturated rings. The van der Waals surface area contributed by atoms with Gasteiger partial charge < -0.3 is 28.8 Å². The summed E-state index contributed by atoms with van der Waals surface area (Å²) >= 11 is 1.58. The van der Waals surface area contributed by atoms with Crippen molar-refractivity contribution < 1.29 is 23.7 Å². The molecule has 0 saturated carbocycles. The minimum Gasteiger partial charge on any atom is -0.497 e. The maximum atomic E-state index is 13.1. The highest BCUT2D eigenvalue weighted by atomic mass is 32.1.